The second-order valence-corrected chi connectivity index (χ2v) is 20.2. The average molecular weight is 819 g/mol. The van der Waals surface area contributed by atoms with E-state index in [0.717, 1.165) is 34.1 Å². The Bertz CT molecular complexity index is 2730. The molecule has 8 aromatic rings. The molecule has 0 unspecified atom stereocenters. The van der Waals surface area contributed by atoms with Gasteiger partial charge in [-0.15, -0.1) is 0 Å². The van der Waals surface area contributed by atoms with Crippen molar-refractivity contribution in [2.75, 3.05) is 9.80 Å². The lowest BCUT2D eigenvalue weighted by Gasteiger charge is -2.34. The Hall–Kier alpha value is -6.64. The highest BCUT2D eigenvalue weighted by atomic mass is 15.1. The molecule has 1 spiro atoms. The summed E-state index contributed by atoms with van der Waals surface area (Å²) in [6, 6.07) is 65.1. The lowest BCUT2D eigenvalue weighted by Crippen LogP contribution is -2.28. The predicted molar refractivity (Wildman–Crippen MR) is 268 cm³/mol. The second kappa shape index (κ2) is 14.7. The number of hydrogen-bond donors (Lipinski definition) is 0. The first-order valence-electron chi connectivity index (χ1n) is 22.6. The van der Waals surface area contributed by atoms with Crippen molar-refractivity contribution in [3.05, 3.63) is 225 Å². The van der Waals surface area contributed by atoms with Gasteiger partial charge in [-0.25, -0.2) is 0 Å². The van der Waals surface area contributed by atoms with Crippen molar-refractivity contribution in [3.8, 4) is 22.3 Å². The molecular formula is C61H58N2. The third kappa shape index (κ3) is 6.70. The van der Waals surface area contributed by atoms with Crippen LogP contribution in [0.3, 0.4) is 0 Å². The Kier molecular flexibility index (Phi) is 9.46. The molecule has 2 aliphatic carbocycles. The molecule has 2 heteroatoms. The van der Waals surface area contributed by atoms with Gasteiger partial charge in [0, 0.05) is 34.1 Å². The summed E-state index contributed by atoms with van der Waals surface area (Å²) in [5.41, 5.74) is 24.4. The Balaban J connectivity index is 1.31. The Morgan fingerprint density at radius 3 is 0.794 bits per heavy atom. The molecule has 0 saturated heterocycles. The molecule has 0 radical (unpaired) electrons. The van der Waals surface area contributed by atoms with Gasteiger partial charge in [0.1, 0.15) is 0 Å². The van der Waals surface area contributed by atoms with Crippen LogP contribution < -0.4 is 9.80 Å². The van der Waals surface area contributed by atoms with E-state index in [9.17, 15) is 0 Å². The van der Waals surface area contributed by atoms with E-state index in [1.165, 1.54) is 77.9 Å². The van der Waals surface area contributed by atoms with Crippen molar-refractivity contribution in [2.24, 2.45) is 0 Å². The van der Waals surface area contributed by atoms with E-state index in [1.807, 2.05) is 0 Å². The van der Waals surface area contributed by atoms with Crippen LogP contribution in [0, 0.1) is 27.7 Å². The lowest BCUT2D eigenvalue weighted by atomic mass is 9.68. The van der Waals surface area contributed by atoms with Crippen molar-refractivity contribution < 1.29 is 0 Å². The molecule has 0 heterocycles. The molecule has 2 aliphatic rings. The van der Waals surface area contributed by atoms with Crippen LogP contribution in [-0.2, 0) is 16.2 Å². The van der Waals surface area contributed by atoms with E-state index in [2.05, 4.69) is 249 Å². The van der Waals surface area contributed by atoms with Gasteiger partial charge in [-0.2, -0.15) is 0 Å². The maximum absolute atomic E-state index is 2.56. The monoisotopic (exact) mass is 818 g/mol. The van der Waals surface area contributed by atoms with E-state index in [0.29, 0.717) is 0 Å². The zero-order valence-corrected chi connectivity index (χ0v) is 38.6. The highest BCUT2D eigenvalue weighted by Gasteiger charge is 2.53. The predicted octanol–water partition coefficient (Wildman–Crippen LogP) is 16.8. The van der Waals surface area contributed by atoms with Crippen molar-refractivity contribution in [3.63, 3.8) is 0 Å². The number of anilines is 6. The lowest BCUT2D eigenvalue weighted by molar-refractivity contribution is 0.586. The summed E-state index contributed by atoms with van der Waals surface area (Å²) in [4.78, 5) is 4.87. The van der Waals surface area contributed by atoms with E-state index in [1.54, 1.807) is 0 Å². The first-order chi connectivity index (χ1) is 30.1. The molecule has 0 aromatic heterocycles. The summed E-state index contributed by atoms with van der Waals surface area (Å²) in [5, 5.41) is 0. The zero-order chi connectivity index (χ0) is 44.0. The number of fused-ring (bicyclic) bond motifs is 10. The average Bonchev–Trinajstić information content (AvgIpc) is 3.72. The maximum Gasteiger partial charge on any atom is 0.0727 e. The third-order valence-electron chi connectivity index (χ3n) is 13.7. The van der Waals surface area contributed by atoms with Crippen LogP contribution in [-0.4, -0.2) is 0 Å². The van der Waals surface area contributed by atoms with Gasteiger partial charge in [0.2, 0.25) is 0 Å². The number of hydrogen-bond acceptors (Lipinski definition) is 2. The smallest absolute Gasteiger partial charge is 0.0727 e. The number of benzene rings is 8. The van der Waals surface area contributed by atoms with Gasteiger partial charge in [0.25, 0.3) is 0 Å². The van der Waals surface area contributed by atoms with Crippen molar-refractivity contribution in [1.29, 1.82) is 0 Å². The SMILES string of the molecule is Cc1ccc(N(c2ccc(C)cc2)c2ccc3c(c2)C2(c4cc(N(c5ccc(C)cc5)c5ccc(C)cc5)ccc4-3)c3cc(C(C)(C)C)ccc3-c3ccc(C(C)(C)C)cc32)cc1. The topological polar surface area (TPSA) is 6.48 Å². The molecule has 312 valence electrons. The normalized spacial score (nSPS) is 13.4. The van der Waals surface area contributed by atoms with Crippen molar-refractivity contribution in [1.82, 2.24) is 0 Å². The minimum atomic E-state index is -0.595. The molecule has 63 heavy (non-hydrogen) atoms. The summed E-state index contributed by atoms with van der Waals surface area (Å²) in [6.07, 6.45) is 0. The quantitative estimate of drug-likeness (QED) is 0.165. The standard InChI is InChI=1S/C61H58N2/c1-39-11-21-45(22-12-39)62(46-23-13-40(2)14-24-46)49-29-33-53-54-34-30-50(63(47-25-15-41(3)16-26-47)48-27-17-42(4)18-28-48)38-58(54)61(57(53)37-49)55-35-43(59(5,6)7)19-31-51(55)52-32-20-44(36-56(52)61)60(8,9)10/h11-38H,1-10H3. The highest BCUT2D eigenvalue weighted by molar-refractivity contribution is 5.98. The van der Waals surface area contributed by atoms with E-state index in [-0.39, 0.29) is 10.8 Å². The molecule has 8 aromatic carbocycles. The van der Waals surface area contributed by atoms with Gasteiger partial charge in [-0.05, 0) is 167 Å². The molecule has 0 amide bonds. The minimum Gasteiger partial charge on any atom is -0.310 e. The molecule has 0 fully saturated rings. The Labute approximate surface area is 375 Å². The Morgan fingerprint density at radius 2 is 0.524 bits per heavy atom. The molecule has 10 rings (SSSR count). The molecule has 0 atom stereocenters. The van der Waals surface area contributed by atoms with Gasteiger partial charge < -0.3 is 9.80 Å². The number of aryl methyl sites for hydroxylation is 4. The molecule has 0 aliphatic heterocycles. The van der Waals surface area contributed by atoms with Crippen LogP contribution in [0.5, 0.6) is 0 Å². The first kappa shape index (κ1) is 40.4. The number of rotatable bonds is 6. The van der Waals surface area contributed by atoms with Gasteiger partial charge in [0.15, 0.2) is 0 Å². The van der Waals surface area contributed by atoms with E-state index in [4.69, 9.17) is 0 Å². The number of nitrogens with zero attached hydrogens (tertiary/aromatic N) is 2. The van der Waals surface area contributed by atoms with Crippen LogP contribution >= 0.6 is 0 Å². The van der Waals surface area contributed by atoms with Crippen LogP contribution in [0.2, 0.25) is 0 Å². The third-order valence-corrected chi connectivity index (χ3v) is 13.7. The van der Waals surface area contributed by atoms with Crippen LogP contribution in [0.4, 0.5) is 34.1 Å². The fraction of sp³-hybridized carbons (Fsp3) is 0.213. The van der Waals surface area contributed by atoms with E-state index < -0.39 is 5.41 Å². The largest absolute Gasteiger partial charge is 0.310 e. The Morgan fingerprint density at radius 1 is 0.286 bits per heavy atom. The highest BCUT2D eigenvalue weighted by Crippen LogP contribution is 2.65. The summed E-state index contributed by atoms with van der Waals surface area (Å²) >= 11 is 0. The van der Waals surface area contributed by atoms with Crippen LogP contribution in [0.15, 0.2) is 170 Å². The summed E-state index contributed by atoms with van der Waals surface area (Å²) in [5.74, 6) is 0. The zero-order valence-electron chi connectivity index (χ0n) is 38.6. The van der Waals surface area contributed by atoms with Crippen LogP contribution in [0.1, 0.15) is 97.2 Å². The van der Waals surface area contributed by atoms with Crippen LogP contribution in [0.25, 0.3) is 22.3 Å². The van der Waals surface area contributed by atoms with Gasteiger partial charge in [0.05, 0.1) is 5.41 Å². The van der Waals surface area contributed by atoms with Crippen molar-refractivity contribution >= 4 is 34.1 Å². The fourth-order valence-electron chi connectivity index (χ4n) is 10.1. The molecular weight excluding hydrogens is 761 g/mol. The van der Waals surface area contributed by atoms with Crippen molar-refractivity contribution in [2.45, 2.75) is 85.5 Å². The summed E-state index contributed by atoms with van der Waals surface area (Å²) in [6.45, 7) is 22.7. The minimum absolute atomic E-state index is 0.0448. The maximum atomic E-state index is 2.56. The molecule has 0 saturated carbocycles. The van der Waals surface area contributed by atoms with Gasteiger partial charge in [-0.3, -0.25) is 0 Å². The van der Waals surface area contributed by atoms with E-state index >= 15 is 0 Å². The van der Waals surface area contributed by atoms with Gasteiger partial charge in [-0.1, -0.05) is 161 Å². The molecule has 2 nitrogen and oxygen atoms in total. The molecule has 0 bridgehead atoms. The summed E-state index contributed by atoms with van der Waals surface area (Å²) < 4.78 is 0. The second-order valence-electron chi connectivity index (χ2n) is 20.2. The fourth-order valence-corrected chi connectivity index (χ4v) is 10.1. The molecule has 0 N–H and O–H groups in total. The summed E-state index contributed by atoms with van der Waals surface area (Å²) in [7, 11) is 0. The first-order valence-corrected chi connectivity index (χ1v) is 22.6. The van der Waals surface area contributed by atoms with Gasteiger partial charge >= 0.3 is 0 Å².